The van der Waals surface area contributed by atoms with Gasteiger partial charge in [0.05, 0.1) is 11.8 Å². The highest BCUT2D eigenvalue weighted by Crippen LogP contribution is 2.51. The highest BCUT2D eigenvalue weighted by Gasteiger charge is 2.47. The minimum Gasteiger partial charge on any atom is -0.342 e. The maximum Gasteiger partial charge on any atom is 0.226 e. The smallest absolute Gasteiger partial charge is 0.226 e. The number of halogens is 3. The van der Waals surface area contributed by atoms with Crippen molar-refractivity contribution in [3.63, 3.8) is 0 Å². The van der Waals surface area contributed by atoms with Gasteiger partial charge >= 0.3 is 0 Å². The summed E-state index contributed by atoms with van der Waals surface area (Å²) in [7, 11) is -3.31. The van der Waals surface area contributed by atoms with Gasteiger partial charge in [0.1, 0.15) is 17.5 Å². The van der Waals surface area contributed by atoms with Gasteiger partial charge in [-0.2, -0.15) is 0 Å². The van der Waals surface area contributed by atoms with Crippen LogP contribution in [0.1, 0.15) is 37.2 Å². The summed E-state index contributed by atoms with van der Waals surface area (Å²) in [5.41, 5.74) is 0.402. The monoisotopic (exact) mass is 466 g/mol. The second kappa shape index (κ2) is 8.86. The van der Waals surface area contributed by atoms with Crippen LogP contribution in [0.3, 0.4) is 0 Å². The normalized spacial score (nSPS) is 23.6. The first-order valence-electron chi connectivity index (χ1n) is 10.6. The minimum atomic E-state index is -3.31. The molecule has 5 nitrogen and oxygen atoms in total. The Balaban J connectivity index is 1.51. The lowest BCUT2D eigenvalue weighted by molar-refractivity contribution is -0.132. The first kappa shape index (κ1) is 22.8. The summed E-state index contributed by atoms with van der Waals surface area (Å²) < 4.78 is 68.3. The van der Waals surface area contributed by atoms with E-state index < -0.39 is 27.5 Å². The molecule has 0 radical (unpaired) electrons. The number of likely N-dealkylation sites (tertiary alicyclic amines) is 1. The van der Waals surface area contributed by atoms with E-state index in [0.717, 1.165) is 24.5 Å². The second-order valence-corrected chi connectivity index (χ2v) is 10.4. The Morgan fingerprint density at radius 3 is 2.47 bits per heavy atom. The van der Waals surface area contributed by atoms with E-state index in [0.29, 0.717) is 44.3 Å². The lowest BCUT2D eigenvalue weighted by Crippen LogP contribution is -2.36. The molecule has 0 aromatic heterocycles. The van der Waals surface area contributed by atoms with Crippen LogP contribution in [-0.4, -0.2) is 44.6 Å². The van der Waals surface area contributed by atoms with Crippen LogP contribution >= 0.6 is 0 Å². The highest BCUT2D eigenvalue weighted by molar-refractivity contribution is 7.88. The topological polar surface area (TPSA) is 66.5 Å². The molecule has 1 aliphatic carbocycles. The molecule has 32 heavy (non-hydrogen) atoms. The molecule has 1 saturated heterocycles. The number of rotatable bonds is 5. The number of nitrogens with one attached hydrogen (secondary N) is 1. The molecule has 2 aromatic carbocycles. The van der Waals surface area contributed by atoms with E-state index in [1.807, 2.05) is 0 Å². The highest BCUT2D eigenvalue weighted by atomic mass is 32.2. The molecule has 9 heteroatoms. The van der Waals surface area contributed by atoms with Crippen molar-refractivity contribution in [1.82, 2.24) is 9.62 Å². The predicted molar refractivity (Wildman–Crippen MR) is 115 cm³/mol. The van der Waals surface area contributed by atoms with Gasteiger partial charge in [-0.3, -0.25) is 4.79 Å². The third-order valence-corrected chi connectivity index (χ3v) is 6.94. The zero-order valence-electron chi connectivity index (χ0n) is 17.7. The molecule has 1 aliphatic heterocycles. The van der Waals surface area contributed by atoms with E-state index in [1.54, 1.807) is 4.90 Å². The Hall–Kier alpha value is -2.39. The molecule has 1 heterocycles. The largest absolute Gasteiger partial charge is 0.342 e. The van der Waals surface area contributed by atoms with Crippen molar-refractivity contribution in [2.24, 2.45) is 5.92 Å². The molecule has 3 atom stereocenters. The first-order valence-corrected chi connectivity index (χ1v) is 12.5. The predicted octanol–water partition coefficient (Wildman–Crippen LogP) is 3.80. The summed E-state index contributed by atoms with van der Waals surface area (Å²) in [6, 6.07) is 7.16. The van der Waals surface area contributed by atoms with Crippen molar-refractivity contribution in [2.75, 3.05) is 19.3 Å². The van der Waals surface area contributed by atoms with Crippen molar-refractivity contribution in [3.05, 3.63) is 59.4 Å². The van der Waals surface area contributed by atoms with Crippen LogP contribution in [0.4, 0.5) is 13.2 Å². The zero-order valence-corrected chi connectivity index (χ0v) is 18.5. The summed E-state index contributed by atoms with van der Waals surface area (Å²) in [6.45, 7) is 0.968. The Labute approximate surface area is 185 Å². The lowest BCUT2D eigenvalue weighted by Gasteiger charge is -2.21. The summed E-state index contributed by atoms with van der Waals surface area (Å²) in [4.78, 5) is 14.8. The number of carbonyl (C=O) groups excluding carboxylic acids is 1. The number of benzene rings is 2. The molecule has 0 spiro atoms. The van der Waals surface area contributed by atoms with E-state index in [2.05, 4.69) is 4.72 Å². The summed E-state index contributed by atoms with van der Waals surface area (Å²) in [6.07, 6.45) is 3.50. The number of amides is 1. The van der Waals surface area contributed by atoms with E-state index in [4.69, 9.17) is 0 Å². The molecule has 2 fully saturated rings. The fourth-order valence-electron chi connectivity index (χ4n) is 4.61. The molecule has 1 amide bonds. The third-order valence-electron chi connectivity index (χ3n) is 6.18. The number of nitrogens with zero attached hydrogens (tertiary/aromatic N) is 1. The molecule has 2 aromatic rings. The van der Waals surface area contributed by atoms with Gasteiger partial charge in [0.15, 0.2) is 0 Å². The SMILES string of the molecule is CS(=O)(=O)NC1CCCN(C(=O)C2CC2c2ccc(F)cc2-c2c(F)cccc2F)CC1. The van der Waals surface area contributed by atoms with Gasteiger partial charge < -0.3 is 4.90 Å². The fraction of sp³-hybridized carbons (Fsp3) is 0.435. The fourth-order valence-corrected chi connectivity index (χ4v) is 5.45. The summed E-state index contributed by atoms with van der Waals surface area (Å²) >= 11 is 0. The molecule has 3 unspecified atom stereocenters. The molecule has 2 aliphatic rings. The van der Waals surface area contributed by atoms with E-state index >= 15 is 0 Å². The van der Waals surface area contributed by atoms with Crippen molar-refractivity contribution in [3.8, 4) is 11.1 Å². The Morgan fingerprint density at radius 2 is 1.78 bits per heavy atom. The number of carbonyl (C=O) groups is 1. The van der Waals surface area contributed by atoms with Gasteiger partial charge in [0, 0.05) is 25.0 Å². The van der Waals surface area contributed by atoms with Crippen LogP contribution in [0.25, 0.3) is 11.1 Å². The third kappa shape index (κ3) is 4.99. The van der Waals surface area contributed by atoms with Gasteiger partial charge in [0.25, 0.3) is 0 Å². The molecule has 0 bridgehead atoms. The zero-order chi connectivity index (χ0) is 23.0. The quantitative estimate of drug-likeness (QED) is 0.729. The first-order chi connectivity index (χ1) is 15.1. The van der Waals surface area contributed by atoms with E-state index in [-0.39, 0.29) is 34.9 Å². The molecular formula is C23H25F3N2O3S. The van der Waals surface area contributed by atoms with E-state index in [1.165, 1.54) is 18.2 Å². The van der Waals surface area contributed by atoms with Crippen LogP contribution in [-0.2, 0) is 14.8 Å². The number of hydrogen-bond donors (Lipinski definition) is 1. The van der Waals surface area contributed by atoms with Crippen LogP contribution in [0, 0.1) is 23.4 Å². The Bertz CT molecular complexity index is 1120. The second-order valence-electron chi connectivity index (χ2n) is 8.62. The maximum absolute atomic E-state index is 14.4. The lowest BCUT2D eigenvalue weighted by atomic mass is 9.94. The molecule has 1 saturated carbocycles. The van der Waals surface area contributed by atoms with Crippen LogP contribution in [0.15, 0.2) is 36.4 Å². The summed E-state index contributed by atoms with van der Waals surface area (Å²) in [5, 5.41) is 0. The van der Waals surface area contributed by atoms with Gasteiger partial charge in [-0.1, -0.05) is 12.1 Å². The van der Waals surface area contributed by atoms with Crippen molar-refractivity contribution >= 4 is 15.9 Å². The van der Waals surface area contributed by atoms with Gasteiger partial charge in [0.2, 0.25) is 15.9 Å². The Morgan fingerprint density at radius 1 is 1.06 bits per heavy atom. The molecule has 4 rings (SSSR count). The van der Waals surface area contributed by atoms with Gasteiger partial charge in [-0.25, -0.2) is 26.3 Å². The maximum atomic E-state index is 14.4. The van der Waals surface area contributed by atoms with E-state index in [9.17, 15) is 26.4 Å². The average Bonchev–Trinajstić information content (AvgIpc) is 3.51. The van der Waals surface area contributed by atoms with Crippen LogP contribution < -0.4 is 4.72 Å². The summed E-state index contributed by atoms with van der Waals surface area (Å²) in [5.74, 6) is -2.81. The molecular weight excluding hydrogens is 441 g/mol. The van der Waals surface area contributed by atoms with Crippen molar-refractivity contribution < 1.29 is 26.4 Å². The van der Waals surface area contributed by atoms with Crippen LogP contribution in [0.2, 0.25) is 0 Å². The van der Waals surface area contributed by atoms with Gasteiger partial charge in [-0.15, -0.1) is 0 Å². The van der Waals surface area contributed by atoms with Gasteiger partial charge in [-0.05, 0) is 67.0 Å². The Kier molecular flexibility index (Phi) is 6.31. The molecule has 1 N–H and O–H groups in total. The van der Waals surface area contributed by atoms with Crippen molar-refractivity contribution in [1.29, 1.82) is 0 Å². The van der Waals surface area contributed by atoms with Crippen molar-refractivity contribution in [2.45, 2.75) is 37.6 Å². The van der Waals surface area contributed by atoms with Crippen LogP contribution in [0.5, 0.6) is 0 Å². The number of hydrogen-bond acceptors (Lipinski definition) is 3. The average molecular weight is 467 g/mol. The molecule has 172 valence electrons. The minimum absolute atomic E-state index is 0.0562. The standard InChI is InChI=1S/C23H25F3N2O3S/c1-32(30,31)27-15-4-3-10-28(11-9-15)23(29)19-13-17(19)16-8-7-14(24)12-18(16)22-20(25)5-2-6-21(22)26/h2,5-8,12,15,17,19,27H,3-4,9-11,13H2,1H3. The number of sulfonamides is 1.